The van der Waals surface area contributed by atoms with Crippen LogP contribution in [0.4, 0.5) is 11.4 Å². The monoisotopic (exact) mass is 311 g/mol. The van der Waals surface area contributed by atoms with Crippen LogP contribution in [-0.4, -0.2) is 36.4 Å². The molecule has 0 bridgehead atoms. The van der Waals surface area contributed by atoms with Crippen molar-refractivity contribution in [3.8, 4) is 0 Å². The molecule has 21 heavy (non-hydrogen) atoms. The average Bonchev–Trinajstić information content (AvgIpc) is 2.49. The first-order chi connectivity index (χ1) is 10.1. The van der Waals surface area contributed by atoms with Gasteiger partial charge in [-0.05, 0) is 37.0 Å². The lowest BCUT2D eigenvalue weighted by Crippen LogP contribution is -2.18. The summed E-state index contributed by atoms with van der Waals surface area (Å²) < 4.78 is 0. The number of benzene rings is 1. The zero-order valence-corrected chi connectivity index (χ0v) is 13.2. The molecule has 7 heteroatoms. The van der Waals surface area contributed by atoms with Gasteiger partial charge < -0.3 is 10.6 Å². The predicted molar refractivity (Wildman–Crippen MR) is 87.2 cm³/mol. The Morgan fingerprint density at radius 2 is 2.10 bits per heavy atom. The first kappa shape index (κ1) is 17.3. The summed E-state index contributed by atoms with van der Waals surface area (Å²) in [6, 6.07) is 4.47. The van der Waals surface area contributed by atoms with Crippen molar-refractivity contribution in [3.05, 3.63) is 33.9 Å². The fourth-order valence-electron chi connectivity index (χ4n) is 1.89. The van der Waals surface area contributed by atoms with Crippen LogP contribution in [0.25, 0.3) is 0 Å². The molecular weight excluding hydrogens is 290 g/mol. The fourth-order valence-corrected chi connectivity index (χ4v) is 2.38. The fraction of sp³-hybridized carbons (Fsp3) is 0.500. The van der Waals surface area contributed by atoms with Crippen LogP contribution < -0.4 is 10.6 Å². The summed E-state index contributed by atoms with van der Waals surface area (Å²) in [6.45, 7) is 0.689. The smallest absolute Gasteiger partial charge is 0.293 e. The van der Waals surface area contributed by atoms with E-state index in [-0.39, 0.29) is 17.2 Å². The van der Waals surface area contributed by atoms with Crippen molar-refractivity contribution >= 4 is 29.0 Å². The predicted octanol–water partition coefficient (Wildman–Crippen LogP) is 2.90. The van der Waals surface area contributed by atoms with E-state index in [1.165, 1.54) is 13.1 Å². The van der Waals surface area contributed by atoms with E-state index in [0.717, 1.165) is 25.0 Å². The number of amides is 1. The quantitative estimate of drug-likeness (QED) is 0.416. The minimum atomic E-state index is -0.470. The summed E-state index contributed by atoms with van der Waals surface area (Å²) >= 11 is 1.82. The van der Waals surface area contributed by atoms with Crippen molar-refractivity contribution in [1.29, 1.82) is 0 Å². The third-order valence-electron chi connectivity index (χ3n) is 3.02. The summed E-state index contributed by atoms with van der Waals surface area (Å²) in [4.78, 5) is 22.1. The van der Waals surface area contributed by atoms with Crippen LogP contribution in [0.3, 0.4) is 0 Å². The van der Waals surface area contributed by atoms with Crippen molar-refractivity contribution in [1.82, 2.24) is 5.32 Å². The van der Waals surface area contributed by atoms with Crippen LogP contribution in [0.15, 0.2) is 18.2 Å². The molecule has 6 nitrogen and oxygen atoms in total. The number of hydrogen-bond donors (Lipinski definition) is 2. The molecular formula is C14H21N3O3S. The number of carbonyl (C=O) groups excluding carboxylic acids is 1. The van der Waals surface area contributed by atoms with Crippen LogP contribution in [0, 0.1) is 10.1 Å². The minimum Gasteiger partial charge on any atom is -0.379 e. The van der Waals surface area contributed by atoms with Gasteiger partial charge in [0, 0.05) is 25.2 Å². The third-order valence-corrected chi connectivity index (χ3v) is 3.72. The van der Waals surface area contributed by atoms with E-state index in [9.17, 15) is 14.9 Å². The zero-order chi connectivity index (χ0) is 15.7. The van der Waals surface area contributed by atoms with Gasteiger partial charge in [0.05, 0.1) is 4.92 Å². The molecule has 0 fully saturated rings. The first-order valence-electron chi connectivity index (χ1n) is 6.83. The normalized spacial score (nSPS) is 10.2. The molecule has 0 aliphatic heterocycles. The Hall–Kier alpha value is -1.76. The van der Waals surface area contributed by atoms with E-state index in [4.69, 9.17) is 0 Å². The number of unbranched alkanes of at least 4 members (excludes halogenated alkanes) is 2. The molecule has 116 valence electrons. The summed E-state index contributed by atoms with van der Waals surface area (Å²) in [6.07, 6.45) is 5.29. The van der Waals surface area contributed by atoms with Crippen LogP contribution in [0.2, 0.25) is 0 Å². The molecule has 0 atom stereocenters. The van der Waals surface area contributed by atoms with E-state index >= 15 is 0 Å². The van der Waals surface area contributed by atoms with E-state index in [2.05, 4.69) is 16.9 Å². The number of nitrogens with one attached hydrogen (secondary N) is 2. The summed E-state index contributed by atoms with van der Waals surface area (Å²) in [7, 11) is 1.49. The summed E-state index contributed by atoms with van der Waals surface area (Å²) in [5, 5.41) is 16.6. The Labute approximate surface area is 128 Å². The number of hydrogen-bond acceptors (Lipinski definition) is 5. The maximum absolute atomic E-state index is 11.5. The van der Waals surface area contributed by atoms with E-state index in [1.807, 2.05) is 11.8 Å². The number of anilines is 1. The molecule has 0 saturated heterocycles. The maximum Gasteiger partial charge on any atom is 0.293 e. The number of nitrogens with zero attached hydrogens (tertiary/aromatic N) is 1. The Bertz CT molecular complexity index is 494. The van der Waals surface area contributed by atoms with Gasteiger partial charge in [-0.25, -0.2) is 0 Å². The third kappa shape index (κ3) is 5.63. The Kier molecular flexibility index (Phi) is 7.60. The first-order valence-corrected chi connectivity index (χ1v) is 8.23. The van der Waals surface area contributed by atoms with Gasteiger partial charge in [-0.2, -0.15) is 11.8 Å². The van der Waals surface area contributed by atoms with Gasteiger partial charge in [-0.3, -0.25) is 14.9 Å². The van der Waals surface area contributed by atoms with Crippen LogP contribution in [-0.2, 0) is 0 Å². The molecule has 0 unspecified atom stereocenters. The number of carbonyl (C=O) groups is 1. The second kappa shape index (κ2) is 9.23. The van der Waals surface area contributed by atoms with Crippen LogP contribution >= 0.6 is 11.8 Å². The van der Waals surface area contributed by atoms with Gasteiger partial charge in [0.15, 0.2) is 0 Å². The molecule has 0 heterocycles. The van der Waals surface area contributed by atoms with Crippen LogP contribution in [0.5, 0.6) is 0 Å². The lowest BCUT2D eigenvalue weighted by atomic mass is 10.1. The SMILES string of the molecule is CNC(=O)c1ccc(NCCCCCSC)c([N+](=O)[O-])c1. The lowest BCUT2D eigenvalue weighted by molar-refractivity contribution is -0.384. The van der Waals surface area contributed by atoms with Gasteiger partial charge in [0.25, 0.3) is 11.6 Å². The van der Waals surface area contributed by atoms with Crippen molar-refractivity contribution in [2.24, 2.45) is 0 Å². The van der Waals surface area contributed by atoms with Gasteiger partial charge in [-0.15, -0.1) is 0 Å². The van der Waals surface area contributed by atoms with Gasteiger partial charge in [0.2, 0.25) is 0 Å². The van der Waals surface area contributed by atoms with Crippen molar-refractivity contribution in [2.45, 2.75) is 19.3 Å². The Balaban J connectivity index is 2.65. The second-order valence-corrected chi connectivity index (χ2v) is 5.53. The summed E-state index contributed by atoms with van der Waals surface area (Å²) in [5.41, 5.74) is 0.674. The van der Waals surface area contributed by atoms with Crippen molar-refractivity contribution in [2.75, 3.05) is 30.9 Å². The molecule has 1 rings (SSSR count). The Morgan fingerprint density at radius 1 is 1.33 bits per heavy atom. The molecule has 1 amide bonds. The molecule has 2 N–H and O–H groups in total. The topological polar surface area (TPSA) is 84.3 Å². The highest BCUT2D eigenvalue weighted by Gasteiger charge is 2.16. The van der Waals surface area contributed by atoms with E-state index in [1.54, 1.807) is 12.1 Å². The van der Waals surface area contributed by atoms with E-state index < -0.39 is 4.92 Å². The molecule has 1 aromatic carbocycles. The number of nitro groups is 1. The molecule has 0 saturated carbocycles. The molecule has 0 aliphatic carbocycles. The summed E-state index contributed by atoms with van der Waals surface area (Å²) in [5.74, 6) is 0.808. The molecule has 0 radical (unpaired) electrons. The van der Waals surface area contributed by atoms with Gasteiger partial charge in [-0.1, -0.05) is 6.42 Å². The minimum absolute atomic E-state index is 0.0692. The highest BCUT2D eigenvalue weighted by molar-refractivity contribution is 7.98. The highest BCUT2D eigenvalue weighted by Crippen LogP contribution is 2.25. The second-order valence-electron chi connectivity index (χ2n) is 4.55. The standard InChI is InChI=1S/C14H21N3O3S/c1-15-14(18)11-6-7-12(13(10-11)17(19)20)16-8-4-3-5-9-21-2/h6-7,10,16H,3-5,8-9H2,1-2H3,(H,15,18). The number of rotatable bonds is 9. The maximum atomic E-state index is 11.5. The largest absolute Gasteiger partial charge is 0.379 e. The molecule has 0 aliphatic rings. The average molecular weight is 311 g/mol. The highest BCUT2D eigenvalue weighted by atomic mass is 32.2. The van der Waals surface area contributed by atoms with Crippen molar-refractivity contribution < 1.29 is 9.72 Å². The Morgan fingerprint density at radius 3 is 2.71 bits per heavy atom. The zero-order valence-electron chi connectivity index (χ0n) is 12.3. The lowest BCUT2D eigenvalue weighted by Gasteiger charge is -2.08. The molecule has 0 spiro atoms. The number of thioether (sulfide) groups is 1. The van der Waals surface area contributed by atoms with E-state index in [0.29, 0.717) is 12.2 Å². The van der Waals surface area contributed by atoms with Crippen LogP contribution in [0.1, 0.15) is 29.6 Å². The van der Waals surface area contributed by atoms with Gasteiger partial charge in [0.1, 0.15) is 5.69 Å². The number of nitro benzene ring substituents is 1. The van der Waals surface area contributed by atoms with Crippen molar-refractivity contribution in [3.63, 3.8) is 0 Å². The molecule has 1 aromatic rings. The van der Waals surface area contributed by atoms with Gasteiger partial charge >= 0.3 is 0 Å². The molecule has 0 aromatic heterocycles.